The maximum Gasteiger partial charge on any atom is 0.219 e. The van der Waals surface area contributed by atoms with E-state index < -0.39 is 6.10 Å². The summed E-state index contributed by atoms with van der Waals surface area (Å²) in [6.45, 7) is 2.23. The molecule has 0 saturated heterocycles. The van der Waals surface area contributed by atoms with Crippen LogP contribution < -0.4 is 5.32 Å². The highest BCUT2D eigenvalue weighted by Gasteiger charge is 2.01. The molecule has 1 amide bonds. The number of nitrogens with one attached hydrogen (secondary N) is 1. The van der Waals surface area contributed by atoms with E-state index in [1.54, 1.807) is 13.1 Å². The number of aliphatic hydroxyl groups excluding tert-OH is 1. The molecule has 1 unspecified atom stereocenters. The minimum Gasteiger partial charge on any atom is -0.389 e. The molecule has 0 bridgehead atoms. The largest absolute Gasteiger partial charge is 0.389 e. The molecule has 136 valence electrons. The average Bonchev–Trinajstić information content (AvgIpc) is 2.58. The smallest absolute Gasteiger partial charge is 0.219 e. The molecule has 0 spiro atoms. The van der Waals surface area contributed by atoms with E-state index in [1.165, 1.54) is 25.7 Å². The van der Waals surface area contributed by atoms with E-state index in [9.17, 15) is 9.90 Å². The fraction of sp³-hybridized carbons (Fsp3) is 0.571. The van der Waals surface area contributed by atoms with Gasteiger partial charge in [-0.3, -0.25) is 4.79 Å². The lowest BCUT2D eigenvalue weighted by molar-refractivity contribution is -0.120. The summed E-state index contributed by atoms with van der Waals surface area (Å²) in [7, 11) is 1.63. The van der Waals surface area contributed by atoms with Crippen LogP contribution in [0.4, 0.5) is 0 Å². The van der Waals surface area contributed by atoms with E-state index in [0.717, 1.165) is 12.8 Å². The van der Waals surface area contributed by atoms with E-state index >= 15 is 0 Å². The highest BCUT2D eigenvalue weighted by atomic mass is 16.3. The Labute approximate surface area is 148 Å². The molecule has 0 aromatic heterocycles. The van der Waals surface area contributed by atoms with Gasteiger partial charge in [-0.05, 0) is 38.5 Å². The van der Waals surface area contributed by atoms with Crippen molar-refractivity contribution < 1.29 is 9.90 Å². The fourth-order valence-electron chi connectivity index (χ4n) is 2.12. The lowest BCUT2D eigenvalue weighted by Gasteiger charge is -2.03. The molecule has 0 rings (SSSR count). The van der Waals surface area contributed by atoms with Gasteiger partial charge in [-0.25, -0.2) is 0 Å². The number of amides is 1. The first-order chi connectivity index (χ1) is 11.7. The van der Waals surface area contributed by atoms with Crippen molar-refractivity contribution >= 4 is 5.91 Å². The van der Waals surface area contributed by atoms with Crippen molar-refractivity contribution in [1.29, 1.82) is 0 Å². The highest BCUT2D eigenvalue weighted by Crippen LogP contribution is 2.03. The van der Waals surface area contributed by atoms with Crippen LogP contribution in [-0.2, 0) is 4.79 Å². The van der Waals surface area contributed by atoms with Gasteiger partial charge in [0.25, 0.3) is 0 Å². The predicted molar refractivity (Wildman–Crippen MR) is 104 cm³/mol. The number of aliphatic hydroxyl groups is 1. The summed E-state index contributed by atoms with van der Waals surface area (Å²) in [6, 6.07) is 0. The van der Waals surface area contributed by atoms with Gasteiger partial charge in [0.2, 0.25) is 5.91 Å². The molecule has 24 heavy (non-hydrogen) atoms. The van der Waals surface area contributed by atoms with Crippen molar-refractivity contribution in [1.82, 2.24) is 5.32 Å². The zero-order chi connectivity index (χ0) is 17.9. The van der Waals surface area contributed by atoms with Gasteiger partial charge in [-0.15, -0.1) is 0 Å². The highest BCUT2D eigenvalue weighted by molar-refractivity contribution is 5.75. The molecule has 0 fully saturated rings. The summed E-state index contributed by atoms with van der Waals surface area (Å²) in [4.78, 5) is 11.0. The second-order valence-corrected chi connectivity index (χ2v) is 5.86. The van der Waals surface area contributed by atoms with Crippen LogP contribution in [0.15, 0.2) is 48.6 Å². The molecule has 0 aliphatic heterocycles. The van der Waals surface area contributed by atoms with Gasteiger partial charge in [0.05, 0.1) is 6.10 Å². The van der Waals surface area contributed by atoms with Gasteiger partial charge in [0.1, 0.15) is 0 Å². The molecular formula is C21H35NO2. The molecule has 1 atom stereocenters. The number of rotatable bonds is 14. The van der Waals surface area contributed by atoms with E-state index in [0.29, 0.717) is 19.3 Å². The summed E-state index contributed by atoms with van der Waals surface area (Å²) in [5.41, 5.74) is 0. The van der Waals surface area contributed by atoms with E-state index in [2.05, 4.69) is 42.6 Å². The van der Waals surface area contributed by atoms with E-state index in [-0.39, 0.29) is 5.91 Å². The Morgan fingerprint density at radius 2 is 1.71 bits per heavy atom. The average molecular weight is 334 g/mol. The van der Waals surface area contributed by atoms with Crippen LogP contribution in [0, 0.1) is 0 Å². The van der Waals surface area contributed by atoms with Crippen LogP contribution in [0.25, 0.3) is 0 Å². The van der Waals surface area contributed by atoms with E-state index in [4.69, 9.17) is 0 Å². The molecule has 0 radical (unpaired) electrons. The Balaban J connectivity index is 3.62. The van der Waals surface area contributed by atoms with Gasteiger partial charge in [0, 0.05) is 13.5 Å². The molecule has 0 heterocycles. The number of carbonyl (C=O) groups excluding carboxylic acids is 1. The Morgan fingerprint density at radius 1 is 1.00 bits per heavy atom. The summed E-state index contributed by atoms with van der Waals surface area (Å²) in [5, 5.41) is 12.3. The molecule has 0 saturated carbocycles. The van der Waals surface area contributed by atoms with Gasteiger partial charge in [-0.1, -0.05) is 68.4 Å². The Kier molecular flexibility index (Phi) is 16.5. The third-order valence-corrected chi connectivity index (χ3v) is 3.62. The normalized spacial score (nSPS) is 13.6. The quantitative estimate of drug-likeness (QED) is 0.271. The molecule has 0 aliphatic rings. The molecule has 0 aromatic carbocycles. The maximum atomic E-state index is 11.0. The Hall–Kier alpha value is -1.61. The number of allylic oxidation sites excluding steroid dienone is 7. The first-order valence-corrected chi connectivity index (χ1v) is 9.22. The van der Waals surface area contributed by atoms with Crippen molar-refractivity contribution in [2.45, 2.75) is 70.8 Å². The topological polar surface area (TPSA) is 49.3 Å². The van der Waals surface area contributed by atoms with Crippen LogP contribution in [-0.4, -0.2) is 24.2 Å². The molecule has 2 N–H and O–H groups in total. The monoisotopic (exact) mass is 333 g/mol. The zero-order valence-corrected chi connectivity index (χ0v) is 15.4. The van der Waals surface area contributed by atoms with Crippen molar-refractivity contribution in [3.8, 4) is 0 Å². The second-order valence-electron chi connectivity index (χ2n) is 5.86. The standard InChI is InChI=1S/C21H35NO2/c1-3-4-5-6-7-8-9-10-11-12-13-14-15-17-20(23)18-16-19-21(24)22-2/h7-8,10-11,13-15,17,20,23H,3-6,9,12,16,18-19H2,1-2H3,(H,22,24)/b8-7-,11-10-,14-13-,17-15+. The summed E-state index contributed by atoms with van der Waals surface area (Å²) in [5.74, 6) is 0.0219. The molecular weight excluding hydrogens is 298 g/mol. The third-order valence-electron chi connectivity index (χ3n) is 3.62. The molecule has 3 heteroatoms. The lowest BCUT2D eigenvalue weighted by Crippen LogP contribution is -2.17. The molecule has 0 aliphatic carbocycles. The van der Waals surface area contributed by atoms with Crippen LogP contribution >= 0.6 is 0 Å². The maximum absolute atomic E-state index is 11.0. The summed E-state index contributed by atoms with van der Waals surface area (Å²) >= 11 is 0. The minimum atomic E-state index is -0.479. The minimum absolute atomic E-state index is 0.0219. The fourth-order valence-corrected chi connectivity index (χ4v) is 2.12. The van der Waals surface area contributed by atoms with Gasteiger partial charge in [0.15, 0.2) is 0 Å². The lowest BCUT2D eigenvalue weighted by atomic mass is 10.1. The number of hydrogen-bond donors (Lipinski definition) is 2. The third kappa shape index (κ3) is 16.8. The van der Waals surface area contributed by atoms with Crippen molar-refractivity contribution in [2.75, 3.05) is 7.05 Å². The zero-order valence-electron chi connectivity index (χ0n) is 15.4. The van der Waals surface area contributed by atoms with Crippen LogP contribution in [0.1, 0.15) is 64.7 Å². The molecule has 0 aromatic rings. The first-order valence-electron chi connectivity index (χ1n) is 9.22. The van der Waals surface area contributed by atoms with Crippen molar-refractivity contribution in [3.05, 3.63) is 48.6 Å². The summed E-state index contributed by atoms with van der Waals surface area (Å²) in [6.07, 6.45) is 24.8. The van der Waals surface area contributed by atoms with Gasteiger partial charge < -0.3 is 10.4 Å². The number of carbonyl (C=O) groups is 1. The van der Waals surface area contributed by atoms with Crippen LogP contribution in [0.5, 0.6) is 0 Å². The SMILES string of the molecule is CCCCC/C=C\C/C=C\C/C=C\C=C\C(O)CCCC(=O)NC. The van der Waals surface area contributed by atoms with E-state index in [1.807, 2.05) is 12.2 Å². The van der Waals surface area contributed by atoms with Crippen molar-refractivity contribution in [2.24, 2.45) is 0 Å². The first kappa shape index (κ1) is 22.4. The summed E-state index contributed by atoms with van der Waals surface area (Å²) < 4.78 is 0. The van der Waals surface area contributed by atoms with Crippen LogP contribution in [0.3, 0.4) is 0 Å². The van der Waals surface area contributed by atoms with Gasteiger partial charge in [-0.2, -0.15) is 0 Å². The Morgan fingerprint density at radius 3 is 2.42 bits per heavy atom. The predicted octanol–water partition coefficient (Wildman–Crippen LogP) is 4.85. The Bertz CT molecular complexity index is 408. The van der Waals surface area contributed by atoms with Gasteiger partial charge >= 0.3 is 0 Å². The molecule has 3 nitrogen and oxygen atoms in total. The van der Waals surface area contributed by atoms with Crippen molar-refractivity contribution in [3.63, 3.8) is 0 Å². The second kappa shape index (κ2) is 17.7. The number of unbranched alkanes of at least 4 members (excludes halogenated alkanes) is 3. The van der Waals surface area contributed by atoms with Crippen LogP contribution in [0.2, 0.25) is 0 Å². The number of hydrogen-bond acceptors (Lipinski definition) is 2.